The van der Waals surface area contributed by atoms with Crippen molar-refractivity contribution >= 4 is 32.8 Å². The molecule has 0 bridgehead atoms. The van der Waals surface area contributed by atoms with Gasteiger partial charge >= 0.3 is 0 Å². The Labute approximate surface area is 81.3 Å². The summed E-state index contributed by atoms with van der Waals surface area (Å²) in [7, 11) is 0. The van der Waals surface area contributed by atoms with E-state index in [2.05, 4.69) is 4.36 Å². The lowest BCUT2D eigenvalue weighted by atomic mass is 10.2. The number of nitrogen functional groups attached to an aromatic ring is 1. The van der Waals surface area contributed by atoms with Crippen LogP contribution in [0.4, 0.5) is 10.0 Å². The molecule has 2 N–H and O–H groups in total. The van der Waals surface area contributed by atoms with Gasteiger partial charge in [0.15, 0.2) is 5.00 Å². The SMILES string of the molecule is N#Cc1c(N)sc(N=S=O)c1C#N. The van der Waals surface area contributed by atoms with Crippen LogP contribution in [0.2, 0.25) is 0 Å². The van der Waals surface area contributed by atoms with E-state index in [0.29, 0.717) is 0 Å². The Bertz CT molecular complexity index is 472. The molecule has 0 aromatic carbocycles. The number of nitriles is 2. The predicted molar refractivity (Wildman–Crippen MR) is 48.4 cm³/mol. The van der Waals surface area contributed by atoms with Gasteiger partial charge in [0.2, 0.25) is 11.5 Å². The number of anilines is 1. The summed E-state index contributed by atoms with van der Waals surface area (Å²) in [5.41, 5.74) is 5.61. The first-order valence-electron chi connectivity index (χ1n) is 2.97. The van der Waals surface area contributed by atoms with Crippen LogP contribution in [-0.4, -0.2) is 4.21 Å². The van der Waals surface area contributed by atoms with Crippen LogP contribution in [0.15, 0.2) is 4.36 Å². The lowest BCUT2D eigenvalue weighted by Crippen LogP contribution is -1.84. The van der Waals surface area contributed by atoms with Crippen molar-refractivity contribution < 1.29 is 4.21 Å². The Morgan fingerprint density at radius 2 is 2.00 bits per heavy atom. The number of nitrogens with two attached hydrogens (primary N) is 1. The Morgan fingerprint density at radius 1 is 1.38 bits per heavy atom. The highest BCUT2D eigenvalue weighted by atomic mass is 32.1. The van der Waals surface area contributed by atoms with Crippen molar-refractivity contribution in [1.29, 1.82) is 10.5 Å². The lowest BCUT2D eigenvalue weighted by Gasteiger charge is -1.82. The first kappa shape index (κ1) is 9.39. The van der Waals surface area contributed by atoms with E-state index in [9.17, 15) is 4.21 Å². The van der Waals surface area contributed by atoms with Crippen molar-refractivity contribution in [3.05, 3.63) is 11.1 Å². The second-order valence-electron chi connectivity index (χ2n) is 1.91. The van der Waals surface area contributed by atoms with Gasteiger partial charge in [0.05, 0.1) is 0 Å². The first-order chi connectivity index (χ1) is 6.24. The molecule has 0 aliphatic heterocycles. The van der Waals surface area contributed by atoms with E-state index in [1.807, 2.05) is 0 Å². The third-order valence-corrected chi connectivity index (χ3v) is 2.55. The number of hydrogen-bond acceptors (Lipinski definition) is 6. The smallest absolute Gasteiger partial charge is 0.206 e. The maximum Gasteiger partial charge on any atom is 0.206 e. The van der Waals surface area contributed by atoms with E-state index >= 15 is 0 Å². The summed E-state index contributed by atoms with van der Waals surface area (Å²) in [5.74, 6) is 0. The van der Waals surface area contributed by atoms with Gasteiger partial charge in [-0.05, 0) is 0 Å². The van der Waals surface area contributed by atoms with Gasteiger partial charge in [-0.2, -0.15) is 14.7 Å². The predicted octanol–water partition coefficient (Wildman–Crippen LogP) is 1.10. The van der Waals surface area contributed by atoms with Crippen LogP contribution in [0.3, 0.4) is 0 Å². The zero-order chi connectivity index (χ0) is 9.84. The Kier molecular flexibility index (Phi) is 2.75. The van der Waals surface area contributed by atoms with Gasteiger partial charge < -0.3 is 5.73 Å². The highest BCUT2D eigenvalue weighted by Gasteiger charge is 2.15. The molecule has 0 aliphatic rings. The van der Waals surface area contributed by atoms with Crippen molar-refractivity contribution in [2.24, 2.45) is 4.36 Å². The number of hydrogen-bond donors (Lipinski definition) is 1. The zero-order valence-corrected chi connectivity index (χ0v) is 7.78. The van der Waals surface area contributed by atoms with Crippen molar-refractivity contribution in [3.63, 3.8) is 0 Å². The second-order valence-corrected chi connectivity index (χ2v) is 3.27. The average molecular weight is 210 g/mol. The summed E-state index contributed by atoms with van der Waals surface area (Å²) in [6, 6.07) is 3.57. The van der Waals surface area contributed by atoms with Gasteiger partial charge in [-0.3, -0.25) is 0 Å². The largest absolute Gasteiger partial charge is 0.389 e. The summed E-state index contributed by atoms with van der Waals surface area (Å²) < 4.78 is 13.5. The summed E-state index contributed by atoms with van der Waals surface area (Å²) in [5, 5.41) is 17.7. The summed E-state index contributed by atoms with van der Waals surface area (Å²) in [6.45, 7) is 0. The summed E-state index contributed by atoms with van der Waals surface area (Å²) >= 11 is 0.946. The van der Waals surface area contributed by atoms with Crippen LogP contribution >= 0.6 is 11.3 Å². The molecule has 0 amide bonds. The van der Waals surface area contributed by atoms with Gasteiger partial charge in [0.25, 0.3) is 0 Å². The van der Waals surface area contributed by atoms with Gasteiger partial charge in [-0.15, -0.1) is 4.36 Å². The average Bonchev–Trinajstić information content (AvgIpc) is 2.41. The molecule has 7 heteroatoms. The molecule has 5 nitrogen and oxygen atoms in total. The maximum atomic E-state index is 10.1. The molecule has 0 fully saturated rings. The first-order valence-corrected chi connectivity index (χ1v) is 4.48. The minimum absolute atomic E-state index is 0.0139. The highest BCUT2D eigenvalue weighted by molar-refractivity contribution is 7.55. The minimum Gasteiger partial charge on any atom is -0.389 e. The number of nitrogens with zero attached hydrogens (tertiary/aromatic N) is 3. The van der Waals surface area contributed by atoms with E-state index < -0.39 is 0 Å². The van der Waals surface area contributed by atoms with E-state index in [0.717, 1.165) is 11.3 Å². The molecule has 0 saturated heterocycles. The van der Waals surface area contributed by atoms with Crippen LogP contribution in [0, 0.1) is 22.7 Å². The number of rotatable bonds is 1. The topological polar surface area (TPSA) is 103 Å². The van der Waals surface area contributed by atoms with Crippen molar-refractivity contribution in [2.45, 2.75) is 0 Å². The molecule has 0 spiro atoms. The van der Waals surface area contributed by atoms with Gasteiger partial charge in [0.1, 0.15) is 28.3 Å². The molecular weight excluding hydrogens is 208 g/mol. The third kappa shape index (κ3) is 1.56. The van der Waals surface area contributed by atoms with Crippen LogP contribution in [-0.2, 0) is 11.5 Å². The molecule has 0 atom stereocenters. The Morgan fingerprint density at radius 3 is 2.46 bits per heavy atom. The number of thiophene rings is 1. The Balaban J connectivity index is 3.51. The van der Waals surface area contributed by atoms with E-state index in [1.165, 1.54) is 0 Å². The maximum absolute atomic E-state index is 10.1. The fourth-order valence-corrected chi connectivity index (χ4v) is 1.86. The molecule has 1 rings (SSSR count). The molecule has 0 saturated carbocycles. The molecule has 13 heavy (non-hydrogen) atoms. The monoisotopic (exact) mass is 210 g/mol. The van der Waals surface area contributed by atoms with Crippen LogP contribution in [0.25, 0.3) is 0 Å². The molecule has 1 aromatic heterocycles. The normalized spacial score (nSPS) is 8.46. The summed E-state index contributed by atoms with van der Waals surface area (Å²) in [4.78, 5) is 0. The van der Waals surface area contributed by atoms with Gasteiger partial charge in [-0.1, -0.05) is 11.3 Å². The zero-order valence-electron chi connectivity index (χ0n) is 6.14. The summed E-state index contributed by atoms with van der Waals surface area (Å²) in [6.07, 6.45) is 0. The molecule has 1 heterocycles. The van der Waals surface area contributed by atoms with Crippen molar-refractivity contribution in [1.82, 2.24) is 0 Å². The molecule has 0 unspecified atom stereocenters. The Hall–Kier alpha value is -1.70. The van der Waals surface area contributed by atoms with E-state index in [1.54, 1.807) is 12.1 Å². The molecule has 1 aromatic rings. The quantitative estimate of drug-likeness (QED) is 0.749. The van der Waals surface area contributed by atoms with E-state index in [4.69, 9.17) is 16.3 Å². The second kappa shape index (κ2) is 3.81. The fourth-order valence-electron chi connectivity index (χ4n) is 0.749. The fraction of sp³-hybridized carbons (Fsp3) is 0. The molecular formula is C6H2N4OS2. The van der Waals surface area contributed by atoms with Crippen molar-refractivity contribution in [2.75, 3.05) is 5.73 Å². The van der Waals surface area contributed by atoms with Crippen LogP contribution in [0.1, 0.15) is 11.1 Å². The molecule has 0 aliphatic carbocycles. The lowest BCUT2D eigenvalue weighted by molar-refractivity contribution is 0.698. The van der Waals surface area contributed by atoms with Crippen molar-refractivity contribution in [3.8, 4) is 12.1 Å². The molecule has 0 radical (unpaired) electrons. The third-order valence-electron chi connectivity index (χ3n) is 1.26. The van der Waals surface area contributed by atoms with Gasteiger partial charge in [0, 0.05) is 0 Å². The van der Waals surface area contributed by atoms with Crippen LogP contribution < -0.4 is 5.73 Å². The molecule has 64 valence electrons. The highest BCUT2D eigenvalue weighted by Crippen LogP contribution is 2.36. The standard InChI is InChI=1S/C6H2N4OS2/c7-1-3-4(2-8)6(10-13-11)12-5(3)9/h9H2. The van der Waals surface area contributed by atoms with Crippen LogP contribution in [0.5, 0.6) is 0 Å². The van der Waals surface area contributed by atoms with Gasteiger partial charge in [-0.25, -0.2) is 0 Å². The minimum atomic E-state index is -0.0139. The van der Waals surface area contributed by atoms with E-state index in [-0.39, 0.29) is 32.6 Å².